The summed E-state index contributed by atoms with van der Waals surface area (Å²) >= 11 is 0. The third kappa shape index (κ3) is 3.45. The molecule has 0 aromatic heterocycles. The Labute approximate surface area is 107 Å². The van der Waals surface area contributed by atoms with Gasteiger partial charge < -0.3 is 10.6 Å². The molecule has 1 aromatic carbocycles. The molecule has 2 amide bonds. The van der Waals surface area contributed by atoms with Crippen LogP contribution in [0.4, 0.5) is 5.69 Å². The van der Waals surface area contributed by atoms with Crippen LogP contribution in [0.2, 0.25) is 0 Å². The molecule has 0 aliphatic carbocycles. The van der Waals surface area contributed by atoms with Crippen LogP contribution in [-0.2, 0) is 4.79 Å². The van der Waals surface area contributed by atoms with Crippen LogP contribution in [0.25, 0.3) is 0 Å². The number of aryl methyl sites for hydroxylation is 1. The molecule has 0 unspecified atom stereocenters. The Balaban J connectivity index is 3.11. The Morgan fingerprint density at radius 2 is 2.00 bits per heavy atom. The Kier molecular flexibility index (Phi) is 4.66. The SMILES string of the molecule is C=CC(=O)Nc1c(C)cccc1C(=O)NC(C)C. The molecule has 0 aliphatic rings. The molecule has 96 valence electrons. The molecule has 0 aliphatic heterocycles. The molecule has 0 fully saturated rings. The summed E-state index contributed by atoms with van der Waals surface area (Å²) < 4.78 is 0. The van der Waals surface area contributed by atoms with Crippen molar-refractivity contribution in [3.05, 3.63) is 42.0 Å². The number of hydrogen-bond acceptors (Lipinski definition) is 2. The van der Waals surface area contributed by atoms with Gasteiger partial charge in [0.25, 0.3) is 5.91 Å². The third-order valence-electron chi connectivity index (χ3n) is 2.37. The molecule has 4 nitrogen and oxygen atoms in total. The summed E-state index contributed by atoms with van der Waals surface area (Å²) in [6.45, 7) is 9.00. The maximum atomic E-state index is 12.0. The van der Waals surface area contributed by atoms with Crippen molar-refractivity contribution < 1.29 is 9.59 Å². The van der Waals surface area contributed by atoms with Gasteiger partial charge in [-0.3, -0.25) is 9.59 Å². The average Bonchev–Trinajstić information content (AvgIpc) is 2.30. The number of carbonyl (C=O) groups is 2. The molecule has 18 heavy (non-hydrogen) atoms. The summed E-state index contributed by atoms with van der Waals surface area (Å²) in [5, 5.41) is 5.47. The van der Waals surface area contributed by atoms with Crippen molar-refractivity contribution in [2.24, 2.45) is 0 Å². The number of anilines is 1. The van der Waals surface area contributed by atoms with E-state index in [1.165, 1.54) is 6.08 Å². The minimum Gasteiger partial charge on any atom is -0.350 e. The molecule has 0 saturated carbocycles. The molecular weight excluding hydrogens is 228 g/mol. The molecule has 0 saturated heterocycles. The Hall–Kier alpha value is -2.10. The summed E-state index contributed by atoms with van der Waals surface area (Å²) in [5.74, 6) is -0.532. The normalized spacial score (nSPS) is 10.0. The van der Waals surface area contributed by atoms with Gasteiger partial charge in [0.05, 0.1) is 11.3 Å². The highest BCUT2D eigenvalue weighted by Gasteiger charge is 2.14. The number of rotatable bonds is 4. The first kappa shape index (κ1) is 14.0. The van der Waals surface area contributed by atoms with Crippen molar-refractivity contribution in [3.63, 3.8) is 0 Å². The molecule has 0 atom stereocenters. The first-order valence-corrected chi connectivity index (χ1v) is 5.79. The van der Waals surface area contributed by atoms with E-state index in [0.29, 0.717) is 11.3 Å². The second-order valence-electron chi connectivity index (χ2n) is 4.32. The number of para-hydroxylation sites is 1. The van der Waals surface area contributed by atoms with E-state index in [9.17, 15) is 9.59 Å². The highest BCUT2D eigenvalue weighted by Crippen LogP contribution is 2.20. The number of nitrogens with one attached hydrogen (secondary N) is 2. The molecule has 4 heteroatoms. The van der Waals surface area contributed by atoms with E-state index in [4.69, 9.17) is 0 Å². The lowest BCUT2D eigenvalue weighted by Gasteiger charge is -2.14. The van der Waals surface area contributed by atoms with Gasteiger partial charge in [0.1, 0.15) is 0 Å². The Morgan fingerprint density at radius 1 is 1.33 bits per heavy atom. The molecule has 0 bridgehead atoms. The summed E-state index contributed by atoms with van der Waals surface area (Å²) in [6.07, 6.45) is 1.18. The van der Waals surface area contributed by atoms with E-state index in [2.05, 4.69) is 17.2 Å². The van der Waals surface area contributed by atoms with E-state index in [0.717, 1.165) is 5.56 Å². The van der Waals surface area contributed by atoms with E-state index in [1.54, 1.807) is 12.1 Å². The first-order chi connectivity index (χ1) is 8.45. The van der Waals surface area contributed by atoms with Crippen molar-refractivity contribution in [1.29, 1.82) is 0 Å². The van der Waals surface area contributed by atoms with Gasteiger partial charge in [-0.25, -0.2) is 0 Å². The topological polar surface area (TPSA) is 58.2 Å². The minimum absolute atomic E-state index is 0.0426. The molecule has 1 rings (SSSR count). The third-order valence-corrected chi connectivity index (χ3v) is 2.37. The number of amides is 2. The standard InChI is InChI=1S/C14H18N2O2/c1-5-12(17)16-13-10(4)7-6-8-11(13)14(18)15-9(2)3/h5-9H,1H2,2-4H3,(H,15,18)(H,16,17). The molecule has 0 radical (unpaired) electrons. The second kappa shape index (κ2) is 6.00. The van der Waals surface area contributed by atoms with Crippen molar-refractivity contribution in [3.8, 4) is 0 Å². The predicted octanol–water partition coefficient (Wildman–Crippen LogP) is 2.26. The summed E-state index contributed by atoms with van der Waals surface area (Å²) in [6, 6.07) is 5.35. The van der Waals surface area contributed by atoms with Crippen LogP contribution < -0.4 is 10.6 Å². The fraction of sp³-hybridized carbons (Fsp3) is 0.286. The minimum atomic E-state index is -0.331. The lowest BCUT2D eigenvalue weighted by atomic mass is 10.1. The summed E-state index contributed by atoms with van der Waals surface area (Å²) in [5.41, 5.74) is 1.82. The van der Waals surface area contributed by atoms with Crippen LogP contribution in [0.15, 0.2) is 30.9 Å². The van der Waals surface area contributed by atoms with Gasteiger partial charge in [0, 0.05) is 6.04 Å². The van der Waals surface area contributed by atoms with Crippen molar-refractivity contribution >= 4 is 17.5 Å². The van der Waals surface area contributed by atoms with E-state index in [1.807, 2.05) is 26.8 Å². The van der Waals surface area contributed by atoms with Crippen molar-refractivity contribution in [2.75, 3.05) is 5.32 Å². The largest absolute Gasteiger partial charge is 0.350 e. The van der Waals surface area contributed by atoms with E-state index >= 15 is 0 Å². The van der Waals surface area contributed by atoms with Crippen LogP contribution in [0, 0.1) is 6.92 Å². The van der Waals surface area contributed by atoms with Crippen molar-refractivity contribution in [2.45, 2.75) is 26.8 Å². The van der Waals surface area contributed by atoms with Gasteiger partial charge in [0.15, 0.2) is 0 Å². The van der Waals surface area contributed by atoms with Crippen molar-refractivity contribution in [1.82, 2.24) is 5.32 Å². The van der Waals surface area contributed by atoms with Crippen LogP contribution >= 0.6 is 0 Å². The number of hydrogen-bond donors (Lipinski definition) is 2. The zero-order chi connectivity index (χ0) is 13.7. The fourth-order valence-corrected chi connectivity index (χ4v) is 1.54. The zero-order valence-electron chi connectivity index (χ0n) is 10.9. The maximum Gasteiger partial charge on any atom is 0.253 e. The van der Waals surface area contributed by atoms with Crippen LogP contribution in [-0.4, -0.2) is 17.9 Å². The average molecular weight is 246 g/mol. The van der Waals surface area contributed by atoms with E-state index < -0.39 is 0 Å². The monoisotopic (exact) mass is 246 g/mol. The fourth-order valence-electron chi connectivity index (χ4n) is 1.54. The Morgan fingerprint density at radius 3 is 2.56 bits per heavy atom. The maximum absolute atomic E-state index is 12.0. The molecule has 1 aromatic rings. The lowest BCUT2D eigenvalue weighted by Crippen LogP contribution is -2.31. The lowest BCUT2D eigenvalue weighted by molar-refractivity contribution is -0.111. The molecule has 2 N–H and O–H groups in total. The highest BCUT2D eigenvalue weighted by atomic mass is 16.2. The van der Waals surface area contributed by atoms with Crippen LogP contribution in [0.1, 0.15) is 29.8 Å². The first-order valence-electron chi connectivity index (χ1n) is 5.79. The van der Waals surface area contributed by atoms with Crippen LogP contribution in [0.3, 0.4) is 0 Å². The van der Waals surface area contributed by atoms with E-state index in [-0.39, 0.29) is 17.9 Å². The molecule has 0 heterocycles. The number of carbonyl (C=O) groups excluding carboxylic acids is 2. The second-order valence-corrected chi connectivity index (χ2v) is 4.32. The quantitative estimate of drug-likeness (QED) is 0.801. The van der Waals surface area contributed by atoms with Gasteiger partial charge >= 0.3 is 0 Å². The van der Waals surface area contributed by atoms with Gasteiger partial charge in [-0.05, 0) is 38.5 Å². The zero-order valence-corrected chi connectivity index (χ0v) is 10.9. The smallest absolute Gasteiger partial charge is 0.253 e. The van der Waals surface area contributed by atoms with Gasteiger partial charge in [-0.2, -0.15) is 0 Å². The highest BCUT2D eigenvalue weighted by molar-refractivity contribution is 6.07. The van der Waals surface area contributed by atoms with Gasteiger partial charge in [-0.15, -0.1) is 0 Å². The summed E-state index contributed by atoms with van der Waals surface area (Å²) in [7, 11) is 0. The predicted molar refractivity (Wildman–Crippen MR) is 72.6 cm³/mol. The Bertz CT molecular complexity index is 479. The molecular formula is C14H18N2O2. The molecule has 0 spiro atoms. The number of benzene rings is 1. The summed E-state index contributed by atoms with van der Waals surface area (Å²) in [4.78, 5) is 23.4. The van der Waals surface area contributed by atoms with Crippen LogP contribution in [0.5, 0.6) is 0 Å². The van der Waals surface area contributed by atoms with Gasteiger partial charge in [0.2, 0.25) is 5.91 Å². The van der Waals surface area contributed by atoms with Gasteiger partial charge in [-0.1, -0.05) is 18.7 Å².